The van der Waals surface area contributed by atoms with Crippen LogP contribution in [0.5, 0.6) is 0 Å². The van der Waals surface area contributed by atoms with Gasteiger partial charge in [-0.1, -0.05) is 158 Å². The Kier molecular flexibility index (Phi) is 6.22. The van der Waals surface area contributed by atoms with E-state index in [0.29, 0.717) is 0 Å². The van der Waals surface area contributed by atoms with E-state index in [4.69, 9.17) is 0 Å². The maximum atomic E-state index is 2.46. The average molecular weight is 663 g/mol. The van der Waals surface area contributed by atoms with E-state index in [-0.39, 0.29) is 0 Å². The molecule has 1 heterocycles. The topological polar surface area (TPSA) is 0 Å². The molecule has 0 nitrogen and oxygen atoms in total. The second kappa shape index (κ2) is 11.1. The number of fused-ring (bicyclic) bond motifs is 12. The van der Waals surface area contributed by atoms with Gasteiger partial charge in [-0.05, 0) is 112 Å². The predicted octanol–water partition coefficient (Wildman–Crippen LogP) is 14.8. The van der Waals surface area contributed by atoms with Crippen molar-refractivity contribution in [3.63, 3.8) is 0 Å². The molecular weight excluding hydrogens is 633 g/mol. The van der Waals surface area contributed by atoms with Gasteiger partial charge in [0.2, 0.25) is 0 Å². The smallest absolute Gasteiger partial charge is 0.0362 e. The van der Waals surface area contributed by atoms with E-state index in [2.05, 4.69) is 182 Å². The number of rotatable bonds is 3. The summed E-state index contributed by atoms with van der Waals surface area (Å²) < 4.78 is 2.69. The van der Waals surface area contributed by atoms with Crippen molar-refractivity contribution in [1.29, 1.82) is 0 Å². The van der Waals surface area contributed by atoms with Gasteiger partial charge in [-0.3, -0.25) is 0 Å². The van der Waals surface area contributed by atoms with Gasteiger partial charge >= 0.3 is 0 Å². The first kappa shape index (κ1) is 28.5. The van der Waals surface area contributed by atoms with Gasteiger partial charge in [0.1, 0.15) is 0 Å². The highest BCUT2D eigenvalue weighted by Crippen LogP contribution is 2.48. The Balaban J connectivity index is 1.21. The Hall–Kier alpha value is -6.28. The van der Waals surface area contributed by atoms with Gasteiger partial charge in [-0.15, -0.1) is 11.3 Å². The van der Waals surface area contributed by atoms with Crippen molar-refractivity contribution in [2.24, 2.45) is 0 Å². The van der Waals surface area contributed by atoms with E-state index < -0.39 is 0 Å². The highest BCUT2D eigenvalue weighted by molar-refractivity contribution is 7.26. The standard InChI is InChI=1S/C50H30S/c1-2-13-31(14-3-1)32-15-12-16-33(29-32)47-38-19-6-8-21-40(38)48(41-22-9-7-20-39(41)47)34-25-26-36-42-27-28-46-50(43-23-10-11-24-45(43)51-46)49(42)37-18-5-4-17-35(37)44(36)30-34/h1-30H. The molecule has 1 aromatic heterocycles. The largest absolute Gasteiger partial charge is 0.135 e. The Morgan fingerprint density at radius 1 is 0.235 bits per heavy atom. The fraction of sp³-hybridized carbons (Fsp3) is 0. The molecule has 0 atom stereocenters. The molecule has 0 aliphatic carbocycles. The third-order valence-corrected chi connectivity index (χ3v) is 12.0. The lowest BCUT2D eigenvalue weighted by Crippen LogP contribution is -1.92. The summed E-state index contributed by atoms with van der Waals surface area (Å²) >= 11 is 1.89. The minimum Gasteiger partial charge on any atom is -0.135 e. The van der Waals surface area contributed by atoms with Crippen LogP contribution in [0.4, 0.5) is 0 Å². The summed E-state index contributed by atoms with van der Waals surface area (Å²) in [5, 5.41) is 15.7. The van der Waals surface area contributed by atoms with E-state index in [1.54, 1.807) is 0 Å². The van der Waals surface area contributed by atoms with Gasteiger partial charge in [0, 0.05) is 20.2 Å². The molecule has 51 heavy (non-hydrogen) atoms. The highest BCUT2D eigenvalue weighted by Gasteiger charge is 2.19. The van der Waals surface area contributed by atoms with E-state index in [1.807, 2.05) is 11.3 Å². The number of hydrogen-bond donors (Lipinski definition) is 0. The molecule has 236 valence electrons. The normalized spacial score (nSPS) is 11.9. The minimum atomic E-state index is 1.23. The molecule has 0 spiro atoms. The lowest BCUT2D eigenvalue weighted by molar-refractivity contribution is 1.61. The van der Waals surface area contributed by atoms with Gasteiger partial charge < -0.3 is 0 Å². The molecule has 0 saturated carbocycles. The van der Waals surface area contributed by atoms with Gasteiger partial charge in [0.05, 0.1) is 0 Å². The average Bonchev–Trinajstić information content (AvgIpc) is 3.59. The van der Waals surface area contributed by atoms with E-state index in [0.717, 1.165) is 0 Å². The van der Waals surface area contributed by atoms with Crippen molar-refractivity contribution in [2.45, 2.75) is 0 Å². The van der Waals surface area contributed by atoms with Crippen LogP contribution in [0.2, 0.25) is 0 Å². The molecule has 0 saturated heterocycles. The fourth-order valence-electron chi connectivity index (χ4n) is 8.65. The molecule has 1 heteroatoms. The van der Waals surface area contributed by atoms with Gasteiger partial charge in [-0.2, -0.15) is 0 Å². The second-order valence-corrected chi connectivity index (χ2v) is 14.6. The first-order valence-electron chi connectivity index (χ1n) is 17.6. The van der Waals surface area contributed by atoms with Crippen molar-refractivity contribution < 1.29 is 0 Å². The molecule has 0 aliphatic heterocycles. The van der Waals surface area contributed by atoms with E-state index >= 15 is 0 Å². The molecule has 0 N–H and O–H groups in total. The molecule has 10 aromatic carbocycles. The molecule has 0 bridgehead atoms. The maximum Gasteiger partial charge on any atom is 0.0362 e. The Morgan fingerprint density at radius 2 is 0.725 bits per heavy atom. The zero-order chi connectivity index (χ0) is 33.5. The van der Waals surface area contributed by atoms with Gasteiger partial charge in [0.25, 0.3) is 0 Å². The van der Waals surface area contributed by atoms with Crippen LogP contribution in [0.1, 0.15) is 0 Å². The van der Waals surface area contributed by atoms with Crippen molar-refractivity contribution in [1.82, 2.24) is 0 Å². The van der Waals surface area contributed by atoms with Gasteiger partial charge in [-0.25, -0.2) is 0 Å². The van der Waals surface area contributed by atoms with Crippen molar-refractivity contribution in [3.05, 3.63) is 182 Å². The lowest BCUT2D eigenvalue weighted by Gasteiger charge is -2.19. The van der Waals surface area contributed by atoms with Crippen LogP contribution in [0.15, 0.2) is 182 Å². The molecule has 0 aliphatic rings. The molecule has 0 radical (unpaired) electrons. The molecule has 0 fully saturated rings. The van der Waals surface area contributed by atoms with Crippen molar-refractivity contribution in [3.8, 4) is 33.4 Å². The summed E-state index contributed by atoms with van der Waals surface area (Å²) in [6, 6.07) is 67.4. The van der Waals surface area contributed by atoms with Crippen LogP contribution < -0.4 is 0 Å². The van der Waals surface area contributed by atoms with Crippen LogP contribution in [0, 0.1) is 0 Å². The summed E-state index contributed by atoms with van der Waals surface area (Å²) in [5.74, 6) is 0. The SMILES string of the molecule is c1ccc(-c2cccc(-c3c4ccccc4c(-c4ccc5c(c4)c4ccccc4c4c5ccc5sc6ccccc6c54)c4ccccc34)c2)cc1. The third kappa shape index (κ3) is 4.26. The molecular formula is C50H30S. The van der Waals surface area contributed by atoms with E-state index in [1.165, 1.54) is 107 Å². The monoisotopic (exact) mass is 662 g/mol. The van der Waals surface area contributed by atoms with Gasteiger partial charge in [0.15, 0.2) is 0 Å². The molecule has 11 rings (SSSR count). The first-order chi connectivity index (χ1) is 25.3. The summed E-state index contributed by atoms with van der Waals surface area (Å²) in [7, 11) is 0. The van der Waals surface area contributed by atoms with E-state index in [9.17, 15) is 0 Å². The molecule has 0 amide bonds. The summed E-state index contributed by atoms with van der Waals surface area (Å²) in [6.45, 7) is 0. The highest BCUT2D eigenvalue weighted by atomic mass is 32.1. The lowest BCUT2D eigenvalue weighted by atomic mass is 9.84. The van der Waals surface area contributed by atoms with Crippen LogP contribution in [-0.2, 0) is 0 Å². The Morgan fingerprint density at radius 3 is 1.43 bits per heavy atom. The number of hydrogen-bond acceptors (Lipinski definition) is 1. The molecule has 0 unspecified atom stereocenters. The minimum absolute atomic E-state index is 1.23. The number of thiophene rings is 1. The summed E-state index contributed by atoms with van der Waals surface area (Å²) in [4.78, 5) is 0. The second-order valence-electron chi connectivity index (χ2n) is 13.6. The predicted molar refractivity (Wildman–Crippen MR) is 223 cm³/mol. The Labute approximate surface area is 299 Å². The zero-order valence-corrected chi connectivity index (χ0v) is 28.5. The van der Waals surface area contributed by atoms with Crippen molar-refractivity contribution in [2.75, 3.05) is 0 Å². The zero-order valence-electron chi connectivity index (χ0n) is 27.7. The first-order valence-corrected chi connectivity index (χ1v) is 18.4. The van der Waals surface area contributed by atoms with Crippen LogP contribution in [-0.4, -0.2) is 0 Å². The Bertz CT molecular complexity index is 3110. The quantitative estimate of drug-likeness (QED) is 0.130. The molecule has 11 aromatic rings. The summed E-state index contributed by atoms with van der Waals surface area (Å²) in [6.07, 6.45) is 0. The summed E-state index contributed by atoms with van der Waals surface area (Å²) in [5.41, 5.74) is 7.51. The van der Waals surface area contributed by atoms with Crippen molar-refractivity contribution >= 4 is 85.4 Å². The third-order valence-electron chi connectivity index (χ3n) is 10.8. The van der Waals surface area contributed by atoms with Crippen LogP contribution in [0.25, 0.3) is 107 Å². The maximum absolute atomic E-state index is 2.46. The van der Waals surface area contributed by atoms with Crippen LogP contribution in [0.3, 0.4) is 0 Å². The number of benzene rings is 10. The van der Waals surface area contributed by atoms with Crippen LogP contribution >= 0.6 is 11.3 Å². The fourth-order valence-corrected chi connectivity index (χ4v) is 9.76.